The van der Waals surface area contributed by atoms with E-state index in [0.29, 0.717) is 12.2 Å². The third kappa shape index (κ3) is 1.72. The molecular formula is C9H18O. The summed E-state index contributed by atoms with van der Waals surface area (Å²) in [6.07, 6.45) is 4.80. The van der Waals surface area contributed by atoms with Crippen LogP contribution in [0.3, 0.4) is 0 Å². The largest absolute Gasteiger partial charge is 0.375 e. The molecule has 0 spiro atoms. The van der Waals surface area contributed by atoms with E-state index in [2.05, 4.69) is 20.8 Å². The zero-order valence-electron chi connectivity index (χ0n) is 7.26. The normalized spacial score (nSPS) is 41.7. The van der Waals surface area contributed by atoms with Gasteiger partial charge in [0.15, 0.2) is 0 Å². The molecule has 0 bridgehead atoms. The predicted molar refractivity (Wildman–Crippen MR) is 43.0 cm³/mol. The summed E-state index contributed by atoms with van der Waals surface area (Å²) in [5.74, 6) is 0.779. The Bertz CT molecular complexity index is 101. The fraction of sp³-hybridized carbons (Fsp3) is 1.00. The summed E-state index contributed by atoms with van der Waals surface area (Å²) >= 11 is 0. The minimum absolute atomic E-state index is 0.501. The molecule has 1 heterocycles. The molecule has 1 rings (SSSR count). The van der Waals surface area contributed by atoms with Crippen molar-refractivity contribution in [1.29, 1.82) is 0 Å². The average Bonchev–Trinajstić information content (AvgIpc) is 1.94. The third-order valence-corrected chi connectivity index (χ3v) is 2.47. The summed E-state index contributed by atoms with van der Waals surface area (Å²) in [6, 6.07) is 0. The second-order valence-corrected chi connectivity index (χ2v) is 3.45. The van der Waals surface area contributed by atoms with Crippen molar-refractivity contribution in [2.75, 3.05) is 0 Å². The molecule has 1 fully saturated rings. The first-order valence-electron chi connectivity index (χ1n) is 4.39. The lowest BCUT2D eigenvalue weighted by Crippen LogP contribution is -2.31. The number of hydrogen-bond acceptors (Lipinski definition) is 1. The van der Waals surface area contributed by atoms with Gasteiger partial charge in [-0.2, -0.15) is 0 Å². The second kappa shape index (κ2) is 3.38. The van der Waals surface area contributed by atoms with Crippen LogP contribution in [0, 0.1) is 5.92 Å². The first-order valence-corrected chi connectivity index (χ1v) is 4.39. The van der Waals surface area contributed by atoms with Crippen LogP contribution in [0.2, 0.25) is 0 Å². The highest BCUT2D eigenvalue weighted by atomic mass is 16.5. The molecule has 0 aliphatic carbocycles. The van der Waals surface area contributed by atoms with Crippen LogP contribution in [0.5, 0.6) is 0 Å². The summed E-state index contributed by atoms with van der Waals surface area (Å²) < 4.78 is 5.75. The highest BCUT2D eigenvalue weighted by Crippen LogP contribution is 2.25. The van der Waals surface area contributed by atoms with Gasteiger partial charge in [-0.25, -0.2) is 0 Å². The van der Waals surface area contributed by atoms with Crippen molar-refractivity contribution >= 4 is 0 Å². The fourth-order valence-electron chi connectivity index (χ4n) is 1.68. The van der Waals surface area contributed by atoms with E-state index in [0.717, 1.165) is 5.92 Å². The molecule has 0 N–H and O–H groups in total. The molecule has 0 aromatic rings. The lowest BCUT2D eigenvalue weighted by Gasteiger charge is -2.32. The average molecular weight is 142 g/mol. The zero-order chi connectivity index (χ0) is 7.56. The van der Waals surface area contributed by atoms with Crippen LogP contribution in [0.1, 0.15) is 40.0 Å². The molecule has 1 nitrogen and oxygen atoms in total. The van der Waals surface area contributed by atoms with Gasteiger partial charge >= 0.3 is 0 Å². The van der Waals surface area contributed by atoms with Gasteiger partial charge in [0.05, 0.1) is 12.2 Å². The van der Waals surface area contributed by atoms with Gasteiger partial charge in [-0.15, -0.1) is 0 Å². The number of hydrogen-bond donors (Lipinski definition) is 0. The van der Waals surface area contributed by atoms with Crippen LogP contribution in [-0.4, -0.2) is 12.2 Å². The summed E-state index contributed by atoms with van der Waals surface area (Å²) in [5.41, 5.74) is 0. The molecule has 0 aromatic carbocycles. The summed E-state index contributed by atoms with van der Waals surface area (Å²) in [6.45, 7) is 6.67. The number of ether oxygens (including phenoxy) is 1. The van der Waals surface area contributed by atoms with Gasteiger partial charge in [-0.3, -0.25) is 0 Å². The Morgan fingerprint density at radius 2 is 2.00 bits per heavy atom. The molecule has 60 valence electrons. The van der Waals surface area contributed by atoms with Crippen LogP contribution < -0.4 is 0 Å². The molecule has 0 aromatic heterocycles. The standard InChI is InChI=1S/C9H18O/c1-4-9-7(2)5-6-8(3)10-9/h7-9H,4-6H2,1-3H3/t7?,8-,9?/m1/s1. The van der Waals surface area contributed by atoms with E-state index in [1.54, 1.807) is 0 Å². The second-order valence-electron chi connectivity index (χ2n) is 3.45. The van der Waals surface area contributed by atoms with Gasteiger partial charge in [0.2, 0.25) is 0 Å². The highest BCUT2D eigenvalue weighted by Gasteiger charge is 2.23. The van der Waals surface area contributed by atoms with Crippen molar-refractivity contribution in [3.05, 3.63) is 0 Å². The van der Waals surface area contributed by atoms with Crippen molar-refractivity contribution in [2.45, 2.75) is 52.2 Å². The molecule has 10 heavy (non-hydrogen) atoms. The zero-order valence-corrected chi connectivity index (χ0v) is 7.26. The molecule has 1 aliphatic heterocycles. The minimum Gasteiger partial charge on any atom is -0.375 e. The maximum absolute atomic E-state index is 5.75. The van der Waals surface area contributed by atoms with Crippen molar-refractivity contribution in [2.24, 2.45) is 5.92 Å². The first kappa shape index (κ1) is 8.06. The van der Waals surface area contributed by atoms with Gasteiger partial charge in [-0.05, 0) is 32.1 Å². The third-order valence-electron chi connectivity index (χ3n) is 2.47. The van der Waals surface area contributed by atoms with E-state index in [1.807, 2.05) is 0 Å². The van der Waals surface area contributed by atoms with Crippen LogP contribution in [0.15, 0.2) is 0 Å². The molecule has 0 amide bonds. The molecule has 1 saturated heterocycles. The molecular weight excluding hydrogens is 124 g/mol. The molecule has 3 atom stereocenters. The highest BCUT2D eigenvalue weighted by molar-refractivity contribution is 4.72. The maximum atomic E-state index is 5.75. The lowest BCUT2D eigenvalue weighted by molar-refractivity contribution is -0.0708. The van der Waals surface area contributed by atoms with Crippen molar-refractivity contribution in [1.82, 2.24) is 0 Å². The molecule has 1 aliphatic rings. The van der Waals surface area contributed by atoms with E-state index >= 15 is 0 Å². The lowest BCUT2D eigenvalue weighted by atomic mass is 9.92. The Labute approximate surface area is 63.8 Å². The summed E-state index contributed by atoms with van der Waals surface area (Å²) in [5, 5.41) is 0. The Kier molecular flexibility index (Phi) is 2.72. The van der Waals surface area contributed by atoms with Crippen molar-refractivity contribution < 1.29 is 4.74 Å². The van der Waals surface area contributed by atoms with Crippen molar-refractivity contribution in [3.8, 4) is 0 Å². The van der Waals surface area contributed by atoms with Gasteiger partial charge < -0.3 is 4.74 Å². The Hall–Kier alpha value is -0.0400. The van der Waals surface area contributed by atoms with E-state index < -0.39 is 0 Å². The minimum atomic E-state index is 0.501. The van der Waals surface area contributed by atoms with Gasteiger partial charge in [-0.1, -0.05) is 13.8 Å². The predicted octanol–water partition coefficient (Wildman–Crippen LogP) is 2.60. The summed E-state index contributed by atoms with van der Waals surface area (Å²) in [4.78, 5) is 0. The van der Waals surface area contributed by atoms with Gasteiger partial charge in [0.25, 0.3) is 0 Å². The molecule has 2 unspecified atom stereocenters. The monoisotopic (exact) mass is 142 g/mol. The van der Waals surface area contributed by atoms with Crippen LogP contribution in [0.4, 0.5) is 0 Å². The Morgan fingerprint density at radius 3 is 2.50 bits per heavy atom. The van der Waals surface area contributed by atoms with E-state index in [4.69, 9.17) is 4.74 Å². The maximum Gasteiger partial charge on any atom is 0.0601 e. The number of rotatable bonds is 1. The quantitative estimate of drug-likeness (QED) is 0.547. The van der Waals surface area contributed by atoms with Crippen LogP contribution in [-0.2, 0) is 4.74 Å². The molecule has 1 heteroatoms. The van der Waals surface area contributed by atoms with Crippen LogP contribution in [0.25, 0.3) is 0 Å². The fourth-order valence-corrected chi connectivity index (χ4v) is 1.68. The Balaban J connectivity index is 2.38. The molecule has 0 radical (unpaired) electrons. The van der Waals surface area contributed by atoms with E-state index in [1.165, 1.54) is 19.3 Å². The van der Waals surface area contributed by atoms with E-state index in [-0.39, 0.29) is 0 Å². The van der Waals surface area contributed by atoms with Crippen LogP contribution >= 0.6 is 0 Å². The Morgan fingerprint density at radius 1 is 1.30 bits per heavy atom. The summed E-state index contributed by atoms with van der Waals surface area (Å²) in [7, 11) is 0. The van der Waals surface area contributed by atoms with Crippen molar-refractivity contribution in [3.63, 3.8) is 0 Å². The SMILES string of the molecule is CCC1O[C@H](C)CCC1C. The van der Waals surface area contributed by atoms with Gasteiger partial charge in [0.1, 0.15) is 0 Å². The first-order chi connectivity index (χ1) is 4.74. The topological polar surface area (TPSA) is 9.23 Å². The van der Waals surface area contributed by atoms with E-state index in [9.17, 15) is 0 Å². The smallest absolute Gasteiger partial charge is 0.0601 e. The van der Waals surface area contributed by atoms with Gasteiger partial charge in [0, 0.05) is 0 Å². The molecule has 0 saturated carbocycles.